The van der Waals surface area contributed by atoms with Crippen molar-refractivity contribution in [2.75, 3.05) is 19.8 Å². The van der Waals surface area contributed by atoms with E-state index in [0.29, 0.717) is 44.0 Å². The first kappa shape index (κ1) is 27.8. The van der Waals surface area contributed by atoms with E-state index in [1.54, 1.807) is 0 Å². The number of aryl methyl sites for hydroxylation is 1. The van der Waals surface area contributed by atoms with Gasteiger partial charge < -0.3 is 14.2 Å². The number of hydrogen-bond acceptors (Lipinski definition) is 4. The third kappa shape index (κ3) is 10.2. The van der Waals surface area contributed by atoms with Crippen molar-refractivity contribution in [3.63, 3.8) is 0 Å². The van der Waals surface area contributed by atoms with Crippen molar-refractivity contribution < 1.29 is 19.0 Å². The summed E-state index contributed by atoms with van der Waals surface area (Å²) < 4.78 is 18.0. The molecule has 0 aliphatic carbocycles. The van der Waals surface area contributed by atoms with Gasteiger partial charge in [0.25, 0.3) is 0 Å². The quantitative estimate of drug-likeness (QED) is 0.154. The Balaban J connectivity index is 2.05. The Labute approximate surface area is 207 Å². The van der Waals surface area contributed by atoms with Crippen molar-refractivity contribution in [2.24, 2.45) is 0 Å². The van der Waals surface area contributed by atoms with Crippen LogP contribution in [0.3, 0.4) is 0 Å². The second-order valence-electron chi connectivity index (χ2n) is 8.86. The van der Waals surface area contributed by atoms with Crippen molar-refractivity contribution in [3.05, 3.63) is 53.6 Å². The van der Waals surface area contributed by atoms with Crippen LogP contribution in [0.2, 0.25) is 0 Å². The number of Topliss-reactive ketones (excluding diaryl/α,β-unsaturated/α-hetero) is 1. The van der Waals surface area contributed by atoms with Gasteiger partial charge in [0.1, 0.15) is 17.2 Å². The molecule has 188 valence electrons. The first-order valence-corrected chi connectivity index (χ1v) is 13.3. The normalized spacial score (nSPS) is 10.8. The van der Waals surface area contributed by atoms with Crippen molar-refractivity contribution in [1.82, 2.24) is 0 Å². The molecule has 0 spiro atoms. The van der Waals surface area contributed by atoms with Gasteiger partial charge >= 0.3 is 0 Å². The Kier molecular flexibility index (Phi) is 13.9. The summed E-state index contributed by atoms with van der Waals surface area (Å²) in [4.78, 5) is 13.1. The summed E-state index contributed by atoms with van der Waals surface area (Å²) in [5.41, 5.74) is 1.69. The molecule has 0 atom stereocenters. The SMILES string of the molecule is CCCCCOc1ccc(OCCCCC)c(CCC(=O)c2ccccc2OCCCCC)c1. The van der Waals surface area contributed by atoms with Gasteiger partial charge in [-0.3, -0.25) is 4.79 Å². The topological polar surface area (TPSA) is 44.8 Å². The Morgan fingerprint density at radius 1 is 0.676 bits per heavy atom. The Bertz CT molecular complexity index is 830. The van der Waals surface area contributed by atoms with Gasteiger partial charge in [0.2, 0.25) is 0 Å². The highest BCUT2D eigenvalue weighted by atomic mass is 16.5. The molecule has 0 radical (unpaired) electrons. The molecule has 2 rings (SSSR count). The van der Waals surface area contributed by atoms with Gasteiger partial charge in [0.15, 0.2) is 5.78 Å². The molecule has 34 heavy (non-hydrogen) atoms. The van der Waals surface area contributed by atoms with E-state index < -0.39 is 0 Å². The third-order valence-corrected chi connectivity index (χ3v) is 5.87. The Morgan fingerprint density at radius 3 is 1.91 bits per heavy atom. The molecule has 0 N–H and O–H groups in total. The minimum atomic E-state index is 0.0947. The third-order valence-electron chi connectivity index (χ3n) is 5.87. The number of hydrogen-bond donors (Lipinski definition) is 0. The molecule has 2 aromatic rings. The van der Waals surface area contributed by atoms with E-state index >= 15 is 0 Å². The molecule has 0 aromatic heterocycles. The lowest BCUT2D eigenvalue weighted by Crippen LogP contribution is -2.07. The molecule has 0 fully saturated rings. The maximum atomic E-state index is 13.1. The monoisotopic (exact) mass is 468 g/mol. The summed E-state index contributed by atoms with van der Waals surface area (Å²) in [5.74, 6) is 2.48. The van der Waals surface area contributed by atoms with Crippen LogP contribution in [0.25, 0.3) is 0 Å². The summed E-state index contributed by atoms with van der Waals surface area (Å²) in [5, 5.41) is 0. The maximum Gasteiger partial charge on any atom is 0.166 e. The fourth-order valence-corrected chi connectivity index (χ4v) is 3.80. The molecular weight excluding hydrogens is 424 g/mol. The van der Waals surface area contributed by atoms with Crippen LogP contribution >= 0.6 is 0 Å². The van der Waals surface area contributed by atoms with Gasteiger partial charge in [-0.1, -0.05) is 71.4 Å². The average Bonchev–Trinajstić information content (AvgIpc) is 2.86. The van der Waals surface area contributed by atoms with Gasteiger partial charge in [-0.2, -0.15) is 0 Å². The highest BCUT2D eigenvalue weighted by Crippen LogP contribution is 2.28. The first-order chi connectivity index (χ1) is 16.7. The largest absolute Gasteiger partial charge is 0.494 e. The number of carbonyl (C=O) groups excluding carboxylic acids is 1. The number of ketones is 1. The first-order valence-electron chi connectivity index (χ1n) is 13.3. The molecule has 4 nitrogen and oxygen atoms in total. The van der Waals surface area contributed by atoms with E-state index in [1.165, 1.54) is 12.8 Å². The molecule has 2 aromatic carbocycles. The van der Waals surface area contributed by atoms with E-state index in [0.717, 1.165) is 62.0 Å². The lowest BCUT2D eigenvalue weighted by Gasteiger charge is -2.15. The van der Waals surface area contributed by atoms with Crippen molar-refractivity contribution in [2.45, 2.75) is 91.4 Å². The number of benzene rings is 2. The lowest BCUT2D eigenvalue weighted by molar-refractivity contribution is 0.0978. The lowest BCUT2D eigenvalue weighted by atomic mass is 10.0. The zero-order valence-corrected chi connectivity index (χ0v) is 21.6. The fraction of sp³-hybridized carbons (Fsp3) is 0.567. The molecule has 0 bridgehead atoms. The summed E-state index contributed by atoms with van der Waals surface area (Å²) in [7, 11) is 0. The van der Waals surface area contributed by atoms with Crippen LogP contribution in [0, 0.1) is 0 Å². The molecule has 0 aliphatic heterocycles. The van der Waals surface area contributed by atoms with E-state index in [1.807, 2.05) is 42.5 Å². The van der Waals surface area contributed by atoms with E-state index in [4.69, 9.17) is 14.2 Å². The van der Waals surface area contributed by atoms with Crippen LogP contribution in [-0.4, -0.2) is 25.6 Å². The second kappa shape index (κ2) is 17.0. The van der Waals surface area contributed by atoms with Gasteiger partial charge in [0, 0.05) is 6.42 Å². The second-order valence-corrected chi connectivity index (χ2v) is 8.86. The highest BCUT2D eigenvalue weighted by molar-refractivity contribution is 5.98. The minimum Gasteiger partial charge on any atom is -0.494 e. The smallest absolute Gasteiger partial charge is 0.166 e. The fourth-order valence-electron chi connectivity index (χ4n) is 3.80. The predicted molar refractivity (Wildman–Crippen MR) is 141 cm³/mol. The number of para-hydroxylation sites is 1. The van der Waals surface area contributed by atoms with Gasteiger partial charge in [-0.15, -0.1) is 0 Å². The van der Waals surface area contributed by atoms with E-state index in [2.05, 4.69) is 20.8 Å². The Hall–Kier alpha value is -2.49. The van der Waals surface area contributed by atoms with Crippen molar-refractivity contribution >= 4 is 5.78 Å². The maximum absolute atomic E-state index is 13.1. The number of ether oxygens (including phenoxy) is 3. The number of unbranched alkanes of at least 4 members (excludes halogenated alkanes) is 6. The van der Waals surface area contributed by atoms with Crippen LogP contribution in [0.4, 0.5) is 0 Å². The standard InChI is InChI=1S/C30H44O4/c1-4-7-12-21-32-26-18-20-29(33-22-13-8-5-2)25(24-26)17-19-28(31)27-15-10-11-16-30(27)34-23-14-9-6-3/h10-11,15-16,18,20,24H,4-9,12-14,17,19,21-23H2,1-3H3. The predicted octanol–water partition coefficient (Wildman–Crippen LogP) is 8.21. The van der Waals surface area contributed by atoms with Crippen LogP contribution in [0.15, 0.2) is 42.5 Å². The van der Waals surface area contributed by atoms with Gasteiger partial charge in [-0.25, -0.2) is 0 Å². The van der Waals surface area contributed by atoms with Crippen LogP contribution in [0.1, 0.15) is 101 Å². The molecule has 0 saturated carbocycles. The average molecular weight is 469 g/mol. The van der Waals surface area contributed by atoms with Gasteiger partial charge in [-0.05, 0) is 61.6 Å². The van der Waals surface area contributed by atoms with Crippen LogP contribution in [0.5, 0.6) is 17.2 Å². The molecule has 0 saturated heterocycles. The number of rotatable bonds is 19. The van der Waals surface area contributed by atoms with Crippen molar-refractivity contribution in [1.29, 1.82) is 0 Å². The highest BCUT2D eigenvalue weighted by Gasteiger charge is 2.15. The zero-order chi connectivity index (χ0) is 24.4. The summed E-state index contributed by atoms with van der Waals surface area (Å²) in [6.07, 6.45) is 11.0. The molecule has 0 aliphatic rings. The molecule has 0 unspecified atom stereocenters. The summed E-state index contributed by atoms with van der Waals surface area (Å²) in [6, 6.07) is 13.6. The van der Waals surface area contributed by atoms with Crippen LogP contribution < -0.4 is 14.2 Å². The van der Waals surface area contributed by atoms with E-state index in [-0.39, 0.29) is 5.78 Å². The van der Waals surface area contributed by atoms with E-state index in [9.17, 15) is 4.79 Å². The zero-order valence-electron chi connectivity index (χ0n) is 21.6. The summed E-state index contributed by atoms with van der Waals surface area (Å²) >= 11 is 0. The number of carbonyl (C=O) groups is 1. The van der Waals surface area contributed by atoms with Crippen molar-refractivity contribution in [3.8, 4) is 17.2 Å². The van der Waals surface area contributed by atoms with Crippen LogP contribution in [-0.2, 0) is 6.42 Å². The molecule has 0 amide bonds. The molecule has 0 heterocycles. The minimum absolute atomic E-state index is 0.0947. The molecule has 4 heteroatoms. The Morgan fingerprint density at radius 2 is 1.26 bits per heavy atom. The van der Waals surface area contributed by atoms with Gasteiger partial charge in [0.05, 0.1) is 25.4 Å². The summed E-state index contributed by atoms with van der Waals surface area (Å²) in [6.45, 7) is 8.60. The molecular formula is C30H44O4.